The van der Waals surface area contributed by atoms with Crippen LogP contribution in [0.25, 0.3) is 5.57 Å². The number of amides is 1. The summed E-state index contributed by atoms with van der Waals surface area (Å²) in [5, 5.41) is 7.99. The van der Waals surface area contributed by atoms with Gasteiger partial charge in [-0.3, -0.25) is 4.79 Å². The molecule has 2 rings (SSSR count). The maximum Gasteiger partial charge on any atom is 0.252 e. The maximum absolute atomic E-state index is 11.1. The molecule has 1 aromatic heterocycles. The molecule has 1 saturated carbocycles. The van der Waals surface area contributed by atoms with E-state index in [1.54, 1.807) is 6.07 Å². The van der Waals surface area contributed by atoms with Crippen molar-refractivity contribution in [1.82, 2.24) is 10.2 Å². The van der Waals surface area contributed by atoms with Crippen LogP contribution in [-0.2, 0) is 4.79 Å². The van der Waals surface area contributed by atoms with Crippen molar-refractivity contribution in [1.29, 1.82) is 0 Å². The fourth-order valence-electron chi connectivity index (χ4n) is 1.50. The van der Waals surface area contributed by atoms with E-state index in [1.807, 2.05) is 0 Å². The number of rotatable bonds is 3. The zero-order chi connectivity index (χ0) is 14.4. The first kappa shape index (κ1) is 15.4. The first-order valence-electron chi connectivity index (χ1n) is 6.30. The minimum Gasteiger partial charge on any atom is -0.404 e. The van der Waals surface area contributed by atoms with Crippen molar-refractivity contribution in [3.05, 3.63) is 28.7 Å². The first-order valence-corrected chi connectivity index (χ1v) is 6.68. The fourth-order valence-corrected chi connectivity index (χ4v) is 1.74. The van der Waals surface area contributed by atoms with Crippen molar-refractivity contribution in [2.24, 2.45) is 11.5 Å². The van der Waals surface area contributed by atoms with Gasteiger partial charge in [0.1, 0.15) is 5.69 Å². The van der Waals surface area contributed by atoms with Crippen LogP contribution in [0.4, 0.5) is 0 Å². The molecular formula is C13H19ClN4O. The molecule has 0 saturated heterocycles. The molecule has 19 heavy (non-hydrogen) atoms. The lowest BCUT2D eigenvalue weighted by molar-refractivity contribution is -0.112. The van der Waals surface area contributed by atoms with E-state index in [2.05, 4.69) is 24.0 Å². The monoisotopic (exact) mass is 282 g/mol. The highest BCUT2D eigenvalue weighted by molar-refractivity contribution is 6.30. The highest BCUT2D eigenvalue weighted by Crippen LogP contribution is 2.42. The number of aromatic nitrogens is 2. The van der Waals surface area contributed by atoms with E-state index in [-0.39, 0.29) is 5.57 Å². The predicted octanol–water partition coefficient (Wildman–Crippen LogP) is 2.21. The van der Waals surface area contributed by atoms with Crippen LogP contribution in [0.2, 0.25) is 5.15 Å². The van der Waals surface area contributed by atoms with Gasteiger partial charge in [0.2, 0.25) is 0 Å². The highest BCUT2D eigenvalue weighted by Gasteiger charge is 2.27. The van der Waals surface area contributed by atoms with E-state index in [0.717, 1.165) is 24.6 Å². The molecule has 0 aromatic carbocycles. The lowest BCUT2D eigenvalue weighted by Gasteiger charge is -2.05. The Bertz CT molecular complexity index is 484. The summed E-state index contributed by atoms with van der Waals surface area (Å²) in [5.41, 5.74) is 11.9. The third-order valence-electron chi connectivity index (χ3n) is 2.50. The van der Waals surface area contributed by atoms with Crippen molar-refractivity contribution in [2.45, 2.75) is 39.0 Å². The van der Waals surface area contributed by atoms with Crippen molar-refractivity contribution < 1.29 is 4.79 Å². The van der Waals surface area contributed by atoms with E-state index in [1.165, 1.54) is 6.42 Å². The Labute approximate surface area is 118 Å². The van der Waals surface area contributed by atoms with E-state index >= 15 is 0 Å². The Morgan fingerprint density at radius 1 is 1.47 bits per heavy atom. The quantitative estimate of drug-likeness (QED) is 0.831. The molecule has 1 amide bonds. The van der Waals surface area contributed by atoms with E-state index < -0.39 is 5.91 Å². The summed E-state index contributed by atoms with van der Waals surface area (Å²) in [5.74, 6) is -0.200. The molecule has 0 aliphatic heterocycles. The number of carbonyl (C=O) groups excluding carboxylic acids is 1. The van der Waals surface area contributed by atoms with Crippen LogP contribution in [-0.4, -0.2) is 16.1 Å². The highest BCUT2D eigenvalue weighted by atomic mass is 35.5. The number of hydrogen-bond acceptors (Lipinski definition) is 4. The predicted molar refractivity (Wildman–Crippen MR) is 76.3 cm³/mol. The second-order valence-corrected chi connectivity index (χ2v) is 4.76. The number of primary amides is 1. The standard InChI is InChI=1S/C10H11ClN4O.C3H8/c11-9-6(5-1-2-5)3-8(14-15-9)7(4-12)10(13)16;1-3-2/h3-5H,1-2,12H2,(H2,13,16);3H2,1-2H3/b7-4-;. The fraction of sp³-hybridized carbons (Fsp3) is 0.462. The van der Waals surface area contributed by atoms with Crippen molar-refractivity contribution >= 4 is 23.1 Å². The van der Waals surface area contributed by atoms with Gasteiger partial charge in [-0.1, -0.05) is 31.9 Å². The van der Waals surface area contributed by atoms with Crippen LogP contribution in [0.15, 0.2) is 12.3 Å². The van der Waals surface area contributed by atoms with Crippen LogP contribution >= 0.6 is 11.6 Å². The molecule has 0 spiro atoms. The lowest BCUT2D eigenvalue weighted by atomic mass is 10.1. The molecule has 1 aromatic rings. The Balaban J connectivity index is 0.000000550. The van der Waals surface area contributed by atoms with Crippen molar-refractivity contribution in [3.8, 4) is 0 Å². The van der Waals surface area contributed by atoms with Crippen LogP contribution in [0.1, 0.15) is 50.3 Å². The van der Waals surface area contributed by atoms with Gasteiger partial charge in [-0.2, -0.15) is 0 Å². The average Bonchev–Trinajstić information content (AvgIpc) is 3.16. The number of nitrogens with zero attached hydrogens (tertiary/aromatic N) is 2. The summed E-state index contributed by atoms with van der Waals surface area (Å²) < 4.78 is 0. The minimum absolute atomic E-state index is 0.158. The molecule has 6 heteroatoms. The summed E-state index contributed by atoms with van der Waals surface area (Å²) in [4.78, 5) is 11.1. The van der Waals surface area contributed by atoms with E-state index in [9.17, 15) is 4.79 Å². The molecule has 1 aliphatic carbocycles. The molecule has 0 atom stereocenters. The summed E-state index contributed by atoms with van der Waals surface area (Å²) in [6.07, 6.45) is 4.56. The molecule has 1 aliphatic rings. The number of carbonyl (C=O) groups is 1. The molecule has 5 nitrogen and oxygen atoms in total. The van der Waals surface area contributed by atoms with Gasteiger partial charge in [-0.15, -0.1) is 10.2 Å². The summed E-state index contributed by atoms with van der Waals surface area (Å²) >= 11 is 5.92. The van der Waals surface area contributed by atoms with Crippen LogP contribution in [0.3, 0.4) is 0 Å². The van der Waals surface area contributed by atoms with Crippen LogP contribution in [0, 0.1) is 0 Å². The van der Waals surface area contributed by atoms with E-state index in [0.29, 0.717) is 16.8 Å². The average molecular weight is 283 g/mol. The zero-order valence-electron chi connectivity index (χ0n) is 11.2. The number of halogens is 1. The third-order valence-corrected chi connectivity index (χ3v) is 2.80. The molecule has 4 N–H and O–H groups in total. The summed E-state index contributed by atoms with van der Waals surface area (Å²) in [6, 6.07) is 1.73. The summed E-state index contributed by atoms with van der Waals surface area (Å²) in [7, 11) is 0. The Morgan fingerprint density at radius 3 is 2.47 bits per heavy atom. The third kappa shape index (κ3) is 4.21. The van der Waals surface area contributed by atoms with E-state index in [4.69, 9.17) is 23.1 Å². The number of nitrogens with two attached hydrogens (primary N) is 2. The molecule has 1 heterocycles. The summed E-state index contributed by atoms with van der Waals surface area (Å²) in [6.45, 7) is 4.25. The molecule has 1 fully saturated rings. The Hall–Kier alpha value is -1.62. The van der Waals surface area contributed by atoms with Gasteiger partial charge < -0.3 is 11.5 Å². The zero-order valence-corrected chi connectivity index (χ0v) is 11.9. The van der Waals surface area contributed by atoms with Crippen LogP contribution in [0.5, 0.6) is 0 Å². The van der Waals surface area contributed by atoms with Gasteiger partial charge in [-0.25, -0.2) is 0 Å². The SMILES string of the molecule is CCC.N/C=C(\C(N)=O)c1cc(C2CC2)c(Cl)nn1. The van der Waals surface area contributed by atoms with Gasteiger partial charge in [0.05, 0.1) is 5.57 Å². The Morgan fingerprint density at radius 2 is 2.05 bits per heavy atom. The van der Waals surface area contributed by atoms with Crippen molar-refractivity contribution in [3.63, 3.8) is 0 Å². The second-order valence-electron chi connectivity index (χ2n) is 4.40. The topological polar surface area (TPSA) is 94.9 Å². The normalized spacial score (nSPS) is 14.6. The molecule has 0 radical (unpaired) electrons. The van der Waals surface area contributed by atoms with Gasteiger partial charge >= 0.3 is 0 Å². The maximum atomic E-state index is 11.1. The minimum atomic E-state index is -0.624. The van der Waals surface area contributed by atoms with Gasteiger partial charge in [0, 0.05) is 6.20 Å². The molecule has 0 unspecified atom stereocenters. The molecule has 104 valence electrons. The van der Waals surface area contributed by atoms with Gasteiger partial charge in [0.25, 0.3) is 5.91 Å². The van der Waals surface area contributed by atoms with Crippen LogP contribution < -0.4 is 11.5 Å². The number of hydrogen-bond donors (Lipinski definition) is 2. The first-order chi connectivity index (χ1) is 9.04. The molecular weight excluding hydrogens is 264 g/mol. The van der Waals surface area contributed by atoms with Gasteiger partial charge in [0.15, 0.2) is 5.15 Å². The smallest absolute Gasteiger partial charge is 0.252 e. The molecule has 0 bridgehead atoms. The van der Waals surface area contributed by atoms with Crippen molar-refractivity contribution in [2.75, 3.05) is 0 Å². The Kier molecular flexibility index (Phi) is 5.76. The van der Waals surface area contributed by atoms with Gasteiger partial charge in [-0.05, 0) is 30.4 Å². The second kappa shape index (κ2) is 7.09. The largest absolute Gasteiger partial charge is 0.404 e. The lowest BCUT2D eigenvalue weighted by Crippen LogP contribution is -2.15.